The number of phenolic OH excluding ortho intramolecular Hbond substituents is 1. The van der Waals surface area contributed by atoms with Crippen LogP contribution in [0.25, 0.3) is 0 Å². The van der Waals surface area contributed by atoms with Crippen molar-refractivity contribution in [3.8, 4) is 5.75 Å². The van der Waals surface area contributed by atoms with Crippen molar-refractivity contribution in [1.82, 2.24) is 9.80 Å². The van der Waals surface area contributed by atoms with Crippen LogP contribution in [0.4, 0.5) is 5.69 Å². The number of carbonyl (C=O) groups excluding carboxylic acids is 2. The number of benzene rings is 1. The van der Waals surface area contributed by atoms with E-state index in [1.165, 1.54) is 17.0 Å². The second-order valence-corrected chi connectivity index (χ2v) is 4.83. The number of nitrogens with one attached hydrogen (secondary N) is 1. The number of β-amino-alcohol motifs (C(OH)–C–C–N with tert-alkyl or cyclic N) is 1. The summed E-state index contributed by atoms with van der Waals surface area (Å²) in [5.74, 6) is -1.44. The van der Waals surface area contributed by atoms with Crippen LogP contribution in [0.2, 0.25) is 0 Å². The normalized spacial score (nSPS) is 15.8. The number of aromatic hydroxyl groups is 1. The molecule has 2 amide bonds. The van der Waals surface area contributed by atoms with Crippen LogP contribution in [0, 0.1) is 0 Å². The first-order valence-electron chi connectivity index (χ1n) is 6.83. The third-order valence-electron chi connectivity index (χ3n) is 3.42. The van der Waals surface area contributed by atoms with Crippen LogP contribution >= 0.6 is 0 Å². The van der Waals surface area contributed by atoms with Crippen LogP contribution in [0.15, 0.2) is 24.3 Å². The van der Waals surface area contributed by atoms with Crippen LogP contribution in [0.1, 0.15) is 0 Å². The molecule has 21 heavy (non-hydrogen) atoms. The lowest BCUT2D eigenvalue weighted by Crippen LogP contribution is -2.52. The molecular formula is C14H19N3O4. The number of rotatable bonds is 3. The highest BCUT2D eigenvalue weighted by atomic mass is 16.3. The number of aliphatic hydroxyl groups excluding tert-OH is 1. The summed E-state index contributed by atoms with van der Waals surface area (Å²) in [5, 5.41) is 20.8. The highest BCUT2D eigenvalue weighted by molar-refractivity contribution is 6.39. The third-order valence-corrected chi connectivity index (χ3v) is 3.42. The Morgan fingerprint density at radius 1 is 1.14 bits per heavy atom. The maximum Gasteiger partial charge on any atom is 0.314 e. The number of nitrogens with zero attached hydrogens (tertiary/aromatic N) is 2. The molecular weight excluding hydrogens is 274 g/mol. The van der Waals surface area contributed by atoms with Gasteiger partial charge in [0.2, 0.25) is 0 Å². The average Bonchev–Trinajstić information content (AvgIpc) is 2.50. The van der Waals surface area contributed by atoms with E-state index in [-0.39, 0.29) is 18.0 Å². The highest BCUT2D eigenvalue weighted by Crippen LogP contribution is 2.21. The molecule has 0 saturated carbocycles. The Morgan fingerprint density at radius 3 is 2.43 bits per heavy atom. The van der Waals surface area contributed by atoms with Gasteiger partial charge in [0.15, 0.2) is 0 Å². The standard InChI is InChI=1S/C14H19N3O4/c18-10-9-16-5-7-17(8-6-16)14(21)13(20)15-11-3-1-2-4-12(11)19/h1-4,18-19H,5-10H2,(H,15,20). The van der Waals surface area contributed by atoms with Gasteiger partial charge in [-0.25, -0.2) is 0 Å². The lowest BCUT2D eigenvalue weighted by molar-refractivity contribution is -0.144. The molecule has 7 heteroatoms. The molecule has 114 valence electrons. The number of hydrogen-bond donors (Lipinski definition) is 3. The van der Waals surface area contributed by atoms with Crippen molar-refractivity contribution in [2.75, 3.05) is 44.6 Å². The fourth-order valence-corrected chi connectivity index (χ4v) is 2.21. The SMILES string of the molecule is O=C(Nc1ccccc1O)C(=O)N1CCN(CCO)CC1. The molecule has 1 aliphatic rings. The van der Waals surface area contributed by atoms with Crippen molar-refractivity contribution in [2.24, 2.45) is 0 Å². The van der Waals surface area contributed by atoms with Crippen molar-refractivity contribution in [3.05, 3.63) is 24.3 Å². The molecule has 0 aliphatic carbocycles. The van der Waals surface area contributed by atoms with Gasteiger partial charge in [-0.05, 0) is 12.1 Å². The predicted molar refractivity (Wildman–Crippen MR) is 76.8 cm³/mol. The van der Waals surface area contributed by atoms with Crippen LogP contribution < -0.4 is 5.32 Å². The first-order chi connectivity index (χ1) is 10.1. The second-order valence-electron chi connectivity index (χ2n) is 4.83. The van der Waals surface area contributed by atoms with Crippen molar-refractivity contribution in [1.29, 1.82) is 0 Å². The molecule has 1 heterocycles. The Kier molecular flexibility index (Phi) is 5.13. The Hall–Kier alpha value is -2.12. The number of piperazine rings is 1. The first kappa shape index (κ1) is 15.3. The molecule has 1 aromatic carbocycles. The van der Waals surface area contributed by atoms with E-state index in [4.69, 9.17) is 5.11 Å². The first-order valence-corrected chi connectivity index (χ1v) is 6.83. The molecule has 1 fully saturated rings. The summed E-state index contributed by atoms with van der Waals surface area (Å²) >= 11 is 0. The third kappa shape index (κ3) is 3.93. The largest absolute Gasteiger partial charge is 0.506 e. The topological polar surface area (TPSA) is 93.1 Å². The fraction of sp³-hybridized carbons (Fsp3) is 0.429. The molecule has 0 spiro atoms. The second kappa shape index (κ2) is 7.05. The van der Waals surface area contributed by atoms with Gasteiger partial charge in [-0.2, -0.15) is 0 Å². The number of para-hydroxylation sites is 2. The zero-order valence-electron chi connectivity index (χ0n) is 11.7. The summed E-state index contributed by atoms with van der Waals surface area (Å²) < 4.78 is 0. The number of phenols is 1. The van der Waals surface area contributed by atoms with Gasteiger partial charge in [0.1, 0.15) is 5.75 Å². The Balaban J connectivity index is 1.89. The van der Waals surface area contributed by atoms with E-state index >= 15 is 0 Å². The smallest absolute Gasteiger partial charge is 0.314 e. The van der Waals surface area contributed by atoms with E-state index in [0.717, 1.165) is 0 Å². The van der Waals surface area contributed by atoms with E-state index in [0.29, 0.717) is 32.7 Å². The van der Waals surface area contributed by atoms with E-state index in [2.05, 4.69) is 5.32 Å². The van der Waals surface area contributed by atoms with Gasteiger partial charge >= 0.3 is 11.8 Å². The van der Waals surface area contributed by atoms with Crippen LogP contribution in [-0.4, -0.2) is 71.2 Å². The minimum Gasteiger partial charge on any atom is -0.506 e. The molecule has 0 radical (unpaired) electrons. The Labute approximate surface area is 122 Å². The molecule has 1 saturated heterocycles. The molecule has 1 aliphatic heterocycles. The Morgan fingerprint density at radius 2 is 1.81 bits per heavy atom. The van der Waals surface area contributed by atoms with Gasteiger partial charge in [0.25, 0.3) is 0 Å². The predicted octanol–water partition coefficient (Wildman–Crippen LogP) is -0.533. The van der Waals surface area contributed by atoms with Gasteiger partial charge in [0.05, 0.1) is 12.3 Å². The van der Waals surface area contributed by atoms with E-state index < -0.39 is 11.8 Å². The van der Waals surface area contributed by atoms with Crippen molar-refractivity contribution in [3.63, 3.8) is 0 Å². The fourth-order valence-electron chi connectivity index (χ4n) is 2.21. The summed E-state index contributed by atoms with van der Waals surface area (Å²) in [6.45, 7) is 2.83. The molecule has 2 rings (SSSR count). The lowest BCUT2D eigenvalue weighted by Gasteiger charge is -2.33. The van der Waals surface area contributed by atoms with Crippen LogP contribution in [0.5, 0.6) is 5.75 Å². The summed E-state index contributed by atoms with van der Waals surface area (Å²) in [5.41, 5.74) is 0.217. The molecule has 3 N–H and O–H groups in total. The molecule has 0 bridgehead atoms. The quantitative estimate of drug-likeness (QED) is 0.514. The van der Waals surface area contributed by atoms with Gasteiger partial charge in [-0.3, -0.25) is 14.5 Å². The summed E-state index contributed by atoms with van der Waals surface area (Å²) in [6, 6.07) is 6.26. The van der Waals surface area contributed by atoms with Crippen molar-refractivity contribution >= 4 is 17.5 Å². The molecule has 7 nitrogen and oxygen atoms in total. The maximum atomic E-state index is 12.0. The van der Waals surface area contributed by atoms with Crippen molar-refractivity contribution in [2.45, 2.75) is 0 Å². The maximum absolute atomic E-state index is 12.0. The van der Waals surface area contributed by atoms with Gasteiger partial charge in [-0.15, -0.1) is 0 Å². The highest BCUT2D eigenvalue weighted by Gasteiger charge is 2.26. The molecule has 0 atom stereocenters. The Bertz CT molecular complexity index is 513. The summed E-state index contributed by atoms with van der Waals surface area (Å²) in [6.07, 6.45) is 0. The molecule has 1 aromatic rings. The van der Waals surface area contributed by atoms with Crippen molar-refractivity contribution < 1.29 is 19.8 Å². The zero-order valence-corrected chi connectivity index (χ0v) is 11.7. The van der Waals surface area contributed by atoms with Crippen LogP contribution in [-0.2, 0) is 9.59 Å². The van der Waals surface area contributed by atoms with Gasteiger partial charge in [-0.1, -0.05) is 12.1 Å². The van der Waals surface area contributed by atoms with Gasteiger partial charge < -0.3 is 20.4 Å². The summed E-state index contributed by atoms with van der Waals surface area (Å²) in [4.78, 5) is 27.5. The number of carbonyl (C=O) groups is 2. The summed E-state index contributed by atoms with van der Waals surface area (Å²) in [7, 11) is 0. The van der Waals surface area contributed by atoms with E-state index in [1.54, 1.807) is 12.1 Å². The minimum atomic E-state index is -0.757. The average molecular weight is 293 g/mol. The van der Waals surface area contributed by atoms with E-state index in [9.17, 15) is 14.7 Å². The minimum absolute atomic E-state index is 0.0774. The molecule has 0 aromatic heterocycles. The monoisotopic (exact) mass is 293 g/mol. The van der Waals surface area contributed by atoms with Crippen LogP contribution in [0.3, 0.4) is 0 Å². The number of anilines is 1. The molecule has 0 unspecified atom stereocenters. The number of aliphatic hydroxyl groups is 1. The zero-order chi connectivity index (χ0) is 15.2. The van der Waals surface area contributed by atoms with Gasteiger partial charge in [0, 0.05) is 32.7 Å². The number of amides is 2. The number of hydrogen-bond acceptors (Lipinski definition) is 5. The van der Waals surface area contributed by atoms with E-state index in [1.807, 2.05) is 4.90 Å². The lowest BCUT2D eigenvalue weighted by atomic mass is 10.2.